The van der Waals surface area contributed by atoms with Gasteiger partial charge in [0.2, 0.25) is 0 Å². The van der Waals surface area contributed by atoms with Crippen molar-refractivity contribution < 1.29 is 15.0 Å². The van der Waals surface area contributed by atoms with Crippen LogP contribution in [0.3, 0.4) is 0 Å². The molecule has 0 heterocycles. The molecule has 0 bridgehead atoms. The van der Waals surface area contributed by atoms with Crippen LogP contribution < -0.4 is 5.32 Å². The third-order valence-corrected chi connectivity index (χ3v) is 3.91. The molecule has 0 aliphatic carbocycles. The third kappa shape index (κ3) is 2.98. The number of benzene rings is 2. The van der Waals surface area contributed by atoms with Gasteiger partial charge in [0, 0.05) is 15.3 Å². The molecule has 4 nitrogen and oxygen atoms in total. The van der Waals surface area contributed by atoms with E-state index in [0.29, 0.717) is 5.69 Å². The molecule has 0 saturated carbocycles. The number of rotatable bonds is 2. The SMILES string of the molecule is Cc1c(I)cccc1NC(=O)c1ccc(O)cc1O. The first-order valence-electron chi connectivity index (χ1n) is 5.57. The maximum absolute atomic E-state index is 12.1. The highest BCUT2D eigenvalue weighted by atomic mass is 127. The largest absolute Gasteiger partial charge is 0.508 e. The van der Waals surface area contributed by atoms with E-state index in [1.807, 2.05) is 19.1 Å². The van der Waals surface area contributed by atoms with E-state index in [2.05, 4.69) is 27.9 Å². The van der Waals surface area contributed by atoms with Crippen LogP contribution in [0.25, 0.3) is 0 Å². The van der Waals surface area contributed by atoms with Gasteiger partial charge in [-0.25, -0.2) is 0 Å². The van der Waals surface area contributed by atoms with Gasteiger partial charge in [0.25, 0.3) is 5.91 Å². The van der Waals surface area contributed by atoms with Crippen molar-refractivity contribution in [3.05, 3.63) is 51.1 Å². The first-order valence-corrected chi connectivity index (χ1v) is 6.65. The van der Waals surface area contributed by atoms with Gasteiger partial charge in [-0.2, -0.15) is 0 Å². The van der Waals surface area contributed by atoms with Crippen molar-refractivity contribution in [2.24, 2.45) is 0 Å². The Labute approximate surface area is 124 Å². The predicted molar refractivity (Wildman–Crippen MR) is 81.6 cm³/mol. The summed E-state index contributed by atoms with van der Waals surface area (Å²) in [5, 5.41) is 21.6. The lowest BCUT2D eigenvalue weighted by Gasteiger charge is -2.10. The number of phenolic OH excluding ortho intramolecular Hbond substituents is 2. The number of hydrogen-bond donors (Lipinski definition) is 3. The number of carbonyl (C=O) groups excluding carboxylic acids is 1. The van der Waals surface area contributed by atoms with Gasteiger partial charge in [-0.05, 0) is 59.3 Å². The molecule has 0 atom stereocenters. The smallest absolute Gasteiger partial charge is 0.259 e. The molecule has 0 unspecified atom stereocenters. The molecule has 0 aliphatic heterocycles. The molecule has 19 heavy (non-hydrogen) atoms. The van der Waals surface area contributed by atoms with E-state index in [0.717, 1.165) is 15.2 Å². The predicted octanol–water partition coefficient (Wildman–Crippen LogP) is 3.26. The van der Waals surface area contributed by atoms with Crippen LogP contribution >= 0.6 is 22.6 Å². The minimum atomic E-state index is -0.414. The Kier molecular flexibility index (Phi) is 3.94. The van der Waals surface area contributed by atoms with Crippen LogP contribution in [0.5, 0.6) is 11.5 Å². The van der Waals surface area contributed by atoms with Crippen LogP contribution in [0.2, 0.25) is 0 Å². The molecule has 2 rings (SSSR count). The monoisotopic (exact) mass is 369 g/mol. The summed E-state index contributed by atoms with van der Waals surface area (Å²) in [4.78, 5) is 12.1. The molecule has 0 saturated heterocycles. The van der Waals surface area contributed by atoms with Crippen LogP contribution in [-0.2, 0) is 0 Å². The molecule has 3 N–H and O–H groups in total. The van der Waals surface area contributed by atoms with Crippen molar-refractivity contribution in [3.63, 3.8) is 0 Å². The Hall–Kier alpha value is -1.76. The van der Waals surface area contributed by atoms with Crippen LogP contribution in [0.15, 0.2) is 36.4 Å². The Morgan fingerprint density at radius 2 is 1.95 bits per heavy atom. The van der Waals surface area contributed by atoms with Gasteiger partial charge in [-0.1, -0.05) is 6.07 Å². The Morgan fingerprint density at radius 3 is 2.63 bits per heavy atom. The van der Waals surface area contributed by atoms with Crippen LogP contribution in [-0.4, -0.2) is 16.1 Å². The minimum Gasteiger partial charge on any atom is -0.508 e. The zero-order chi connectivity index (χ0) is 14.0. The molecule has 98 valence electrons. The molecular weight excluding hydrogens is 357 g/mol. The Bertz CT molecular complexity index is 641. The fourth-order valence-corrected chi connectivity index (χ4v) is 2.14. The molecule has 2 aromatic rings. The van der Waals surface area contributed by atoms with Crippen LogP contribution in [0.4, 0.5) is 5.69 Å². The van der Waals surface area contributed by atoms with E-state index in [1.54, 1.807) is 6.07 Å². The zero-order valence-electron chi connectivity index (χ0n) is 10.1. The van der Waals surface area contributed by atoms with Crippen LogP contribution in [0.1, 0.15) is 15.9 Å². The highest BCUT2D eigenvalue weighted by Crippen LogP contribution is 2.25. The molecule has 0 fully saturated rings. The van der Waals surface area contributed by atoms with E-state index in [-0.39, 0.29) is 17.1 Å². The van der Waals surface area contributed by atoms with Gasteiger partial charge in [-0.3, -0.25) is 4.79 Å². The minimum absolute atomic E-state index is 0.0838. The lowest BCUT2D eigenvalue weighted by atomic mass is 10.1. The van der Waals surface area contributed by atoms with E-state index < -0.39 is 5.91 Å². The second kappa shape index (κ2) is 5.48. The van der Waals surface area contributed by atoms with E-state index in [9.17, 15) is 15.0 Å². The van der Waals surface area contributed by atoms with Crippen molar-refractivity contribution >= 4 is 34.2 Å². The molecule has 0 aliphatic rings. The van der Waals surface area contributed by atoms with Crippen molar-refractivity contribution in [2.75, 3.05) is 5.32 Å². The summed E-state index contributed by atoms with van der Waals surface area (Å²) in [7, 11) is 0. The summed E-state index contributed by atoms with van der Waals surface area (Å²) in [5.74, 6) is -0.747. The fourth-order valence-electron chi connectivity index (χ4n) is 1.64. The lowest BCUT2D eigenvalue weighted by molar-refractivity contribution is 0.102. The highest BCUT2D eigenvalue weighted by Gasteiger charge is 2.13. The lowest BCUT2D eigenvalue weighted by Crippen LogP contribution is -2.13. The summed E-state index contributed by atoms with van der Waals surface area (Å²) in [6.45, 7) is 1.91. The first-order chi connectivity index (χ1) is 8.99. The zero-order valence-corrected chi connectivity index (χ0v) is 12.3. The van der Waals surface area contributed by atoms with Gasteiger partial charge < -0.3 is 15.5 Å². The second-order valence-corrected chi connectivity index (χ2v) is 5.23. The number of anilines is 1. The average molecular weight is 369 g/mol. The maximum Gasteiger partial charge on any atom is 0.259 e. The molecule has 0 aromatic heterocycles. The van der Waals surface area contributed by atoms with Gasteiger partial charge >= 0.3 is 0 Å². The van der Waals surface area contributed by atoms with E-state index in [1.165, 1.54) is 12.1 Å². The molecule has 0 radical (unpaired) electrons. The van der Waals surface area contributed by atoms with Gasteiger partial charge in [0.15, 0.2) is 0 Å². The number of amides is 1. The summed E-state index contributed by atoms with van der Waals surface area (Å²) in [5.41, 5.74) is 1.79. The number of hydrogen-bond acceptors (Lipinski definition) is 3. The Balaban J connectivity index is 2.28. The van der Waals surface area contributed by atoms with Crippen molar-refractivity contribution in [1.82, 2.24) is 0 Å². The summed E-state index contributed by atoms with van der Waals surface area (Å²) in [6, 6.07) is 9.47. The van der Waals surface area contributed by atoms with E-state index >= 15 is 0 Å². The fraction of sp³-hybridized carbons (Fsp3) is 0.0714. The highest BCUT2D eigenvalue weighted by molar-refractivity contribution is 14.1. The number of aromatic hydroxyl groups is 2. The number of nitrogens with one attached hydrogen (secondary N) is 1. The maximum atomic E-state index is 12.1. The average Bonchev–Trinajstić information content (AvgIpc) is 2.34. The van der Waals surface area contributed by atoms with E-state index in [4.69, 9.17) is 0 Å². The Morgan fingerprint density at radius 1 is 1.21 bits per heavy atom. The number of phenols is 2. The number of carbonyl (C=O) groups is 1. The standard InChI is InChI=1S/C14H12INO3/c1-8-11(15)3-2-4-12(8)16-14(19)10-6-5-9(17)7-13(10)18/h2-7,17-18H,1H3,(H,16,19). The summed E-state index contributed by atoms with van der Waals surface area (Å²) >= 11 is 2.19. The van der Waals surface area contributed by atoms with Gasteiger partial charge in [0.1, 0.15) is 11.5 Å². The number of halogens is 1. The molecular formula is C14H12INO3. The summed E-state index contributed by atoms with van der Waals surface area (Å²) in [6.07, 6.45) is 0. The molecule has 2 aromatic carbocycles. The topological polar surface area (TPSA) is 69.6 Å². The second-order valence-electron chi connectivity index (χ2n) is 4.07. The van der Waals surface area contributed by atoms with Crippen molar-refractivity contribution in [3.8, 4) is 11.5 Å². The molecule has 5 heteroatoms. The molecule has 1 amide bonds. The van der Waals surface area contributed by atoms with Gasteiger partial charge in [0.05, 0.1) is 5.56 Å². The molecule has 0 spiro atoms. The first kappa shape index (κ1) is 13.7. The van der Waals surface area contributed by atoms with Crippen LogP contribution in [0, 0.1) is 10.5 Å². The summed E-state index contributed by atoms with van der Waals surface area (Å²) < 4.78 is 1.05. The normalized spacial score (nSPS) is 10.2. The van der Waals surface area contributed by atoms with Crippen molar-refractivity contribution in [2.45, 2.75) is 6.92 Å². The third-order valence-electron chi connectivity index (χ3n) is 2.74. The van der Waals surface area contributed by atoms with Gasteiger partial charge in [-0.15, -0.1) is 0 Å². The van der Waals surface area contributed by atoms with Crippen molar-refractivity contribution in [1.29, 1.82) is 0 Å². The quantitative estimate of drug-likeness (QED) is 0.712.